The summed E-state index contributed by atoms with van der Waals surface area (Å²) < 4.78 is 4.72. The Morgan fingerprint density at radius 1 is 1.37 bits per heavy atom. The van der Waals surface area contributed by atoms with Gasteiger partial charge in [-0.05, 0) is 19.4 Å². The summed E-state index contributed by atoms with van der Waals surface area (Å²) in [4.78, 5) is 11.9. The molecule has 5 heteroatoms. The highest BCUT2D eigenvalue weighted by atomic mass is 16.5. The Hall–Kier alpha value is -2.14. The molecule has 2 aromatic rings. The minimum atomic E-state index is -1.27. The van der Waals surface area contributed by atoms with Crippen molar-refractivity contribution >= 4 is 5.91 Å². The van der Waals surface area contributed by atoms with Gasteiger partial charge in [-0.3, -0.25) is 4.79 Å². The maximum atomic E-state index is 11.9. The van der Waals surface area contributed by atoms with Gasteiger partial charge >= 0.3 is 0 Å². The van der Waals surface area contributed by atoms with Crippen LogP contribution in [0.5, 0.6) is 0 Å². The molecule has 0 bridgehead atoms. The van der Waals surface area contributed by atoms with Gasteiger partial charge in [-0.2, -0.15) is 0 Å². The number of amides is 1. The molecule has 0 aliphatic carbocycles. The number of aryl methyl sites for hydroxylation is 1. The quantitative estimate of drug-likeness (QED) is 0.880. The summed E-state index contributed by atoms with van der Waals surface area (Å²) in [7, 11) is 0. The highest BCUT2D eigenvalue weighted by Gasteiger charge is 2.23. The van der Waals surface area contributed by atoms with Crippen LogP contribution < -0.4 is 5.32 Å². The molecule has 0 aliphatic heterocycles. The van der Waals surface area contributed by atoms with Crippen molar-refractivity contribution in [1.82, 2.24) is 10.5 Å². The molecule has 100 valence electrons. The first-order valence-corrected chi connectivity index (χ1v) is 6.04. The van der Waals surface area contributed by atoms with Gasteiger partial charge in [-0.25, -0.2) is 0 Å². The maximum Gasteiger partial charge on any atom is 0.254 e. The molecule has 2 atom stereocenters. The largest absolute Gasteiger partial charge is 0.378 e. The number of hydrogen-bond donors (Lipinski definition) is 2. The van der Waals surface area contributed by atoms with E-state index in [0.717, 1.165) is 5.56 Å². The van der Waals surface area contributed by atoms with Gasteiger partial charge < -0.3 is 14.9 Å². The van der Waals surface area contributed by atoms with Crippen LogP contribution in [0, 0.1) is 6.92 Å². The molecule has 0 saturated carbocycles. The number of rotatable bonds is 4. The van der Waals surface area contributed by atoms with Gasteiger partial charge in [0.1, 0.15) is 6.26 Å². The normalized spacial score (nSPS) is 13.8. The molecule has 19 heavy (non-hydrogen) atoms. The molecular formula is C14H16N2O3. The lowest BCUT2D eigenvalue weighted by atomic mass is 10.1. The monoisotopic (exact) mass is 260 g/mol. The van der Waals surface area contributed by atoms with Crippen LogP contribution in [0.1, 0.15) is 35.9 Å². The number of carbonyl (C=O) groups is 1. The Labute approximate surface area is 111 Å². The topological polar surface area (TPSA) is 75.4 Å². The van der Waals surface area contributed by atoms with Crippen molar-refractivity contribution in [3.63, 3.8) is 0 Å². The lowest BCUT2D eigenvalue weighted by molar-refractivity contribution is -0.130. The van der Waals surface area contributed by atoms with Crippen molar-refractivity contribution < 1.29 is 14.4 Å². The summed E-state index contributed by atoms with van der Waals surface area (Å²) >= 11 is 0. The molecule has 0 spiro atoms. The second-order valence-electron chi connectivity index (χ2n) is 4.40. The van der Waals surface area contributed by atoms with Gasteiger partial charge in [0.05, 0.1) is 17.3 Å². The summed E-state index contributed by atoms with van der Waals surface area (Å²) in [5.74, 6) is -0.470. The highest BCUT2D eigenvalue weighted by molar-refractivity contribution is 5.82. The number of hydrogen-bond acceptors (Lipinski definition) is 4. The van der Waals surface area contributed by atoms with Crippen molar-refractivity contribution in [3.05, 3.63) is 53.4 Å². The average molecular weight is 260 g/mol. The van der Waals surface area contributed by atoms with Crippen molar-refractivity contribution in [2.45, 2.75) is 26.0 Å². The lowest BCUT2D eigenvalue weighted by Gasteiger charge is -2.16. The van der Waals surface area contributed by atoms with E-state index in [-0.39, 0.29) is 6.04 Å². The van der Waals surface area contributed by atoms with Gasteiger partial charge in [0, 0.05) is 0 Å². The van der Waals surface area contributed by atoms with Crippen LogP contribution >= 0.6 is 0 Å². The zero-order valence-electron chi connectivity index (χ0n) is 10.8. The zero-order valence-corrected chi connectivity index (χ0v) is 10.8. The number of nitrogens with zero attached hydrogens (tertiary/aromatic N) is 1. The van der Waals surface area contributed by atoms with Crippen molar-refractivity contribution in [1.29, 1.82) is 0 Å². The first-order chi connectivity index (χ1) is 9.09. The SMILES string of the molecule is Cc1nocc1C(O)C(=O)N[C@H](C)c1ccccc1. The Kier molecular flexibility index (Phi) is 3.97. The van der Waals surface area contributed by atoms with Crippen LogP contribution in [-0.4, -0.2) is 16.2 Å². The molecule has 2 N–H and O–H groups in total. The van der Waals surface area contributed by atoms with E-state index in [2.05, 4.69) is 10.5 Å². The summed E-state index contributed by atoms with van der Waals surface area (Å²) in [6.45, 7) is 3.54. The molecular weight excluding hydrogens is 244 g/mol. The number of aromatic nitrogens is 1. The van der Waals surface area contributed by atoms with Crippen LogP contribution in [-0.2, 0) is 4.79 Å². The molecule has 1 aromatic carbocycles. The van der Waals surface area contributed by atoms with Gasteiger partial charge in [-0.1, -0.05) is 35.5 Å². The molecule has 0 aliphatic rings. The highest BCUT2D eigenvalue weighted by Crippen LogP contribution is 2.18. The van der Waals surface area contributed by atoms with Crippen LogP contribution in [0.2, 0.25) is 0 Å². The summed E-state index contributed by atoms with van der Waals surface area (Å²) in [6.07, 6.45) is 0.0182. The third-order valence-corrected chi connectivity index (χ3v) is 2.99. The van der Waals surface area contributed by atoms with E-state index >= 15 is 0 Å². The lowest BCUT2D eigenvalue weighted by Crippen LogP contribution is -2.31. The Morgan fingerprint density at radius 3 is 2.63 bits per heavy atom. The van der Waals surface area contributed by atoms with E-state index in [1.807, 2.05) is 37.3 Å². The molecule has 2 rings (SSSR count). The van der Waals surface area contributed by atoms with E-state index in [4.69, 9.17) is 4.52 Å². The summed E-state index contributed by atoms with van der Waals surface area (Å²) in [5.41, 5.74) is 1.87. The van der Waals surface area contributed by atoms with Crippen molar-refractivity contribution in [3.8, 4) is 0 Å². The van der Waals surface area contributed by atoms with Crippen LogP contribution in [0.3, 0.4) is 0 Å². The van der Waals surface area contributed by atoms with Crippen LogP contribution in [0.4, 0.5) is 0 Å². The van der Waals surface area contributed by atoms with E-state index in [0.29, 0.717) is 11.3 Å². The van der Waals surface area contributed by atoms with Gasteiger partial charge in [0.15, 0.2) is 6.10 Å². The molecule has 5 nitrogen and oxygen atoms in total. The van der Waals surface area contributed by atoms with Gasteiger partial charge in [0.25, 0.3) is 5.91 Å². The molecule has 1 unspecified atom stereocenters. The van der Waals surface area contributed by atoms with E-state index in [1.165, 1.54) is 6.26 Å². The second-order valence-corrected chi connectivity index (χ2v) is 4.40. The Balaban J connectivity index is 2.04. The molecule has 0 fully saturated rings. The molecule has 0 saturated heterocycles. The Bertz CT molecular complexity index is 551. The molecule has 1 amide bonds. The summed E-state index contributed by atoms with van der Waals surface area (Å²) in [5, 5.41) is 16.3. The fraction of sp³-hybridized carbons (Fsp3) is 0.286. The second kappa shape index (κ2) is 5.67. The van der Waals surface area contributed by atoms with Crippen LogP contribution in [0.15, 0.2) is 41.1 Å². The first-order valence-electron chi connectivity index (χ1n) is 6.04. The predicted molar refractivity (Wildman–Crippen MR) is 69.2 cm³/mol. The minimum Gasteiger partial charge on any atom is -0.378 e. The molecule has 0 radical (unpaired) electrons. The zero-order chi connectivity index (χ0) is 13.8. The summed E-state index contributed by atoms with van der Waals surface area (Å²) in [6, 6.07) is 9.37. The first kappa shape index (κ1) is 13.3. The average Bonchev–Trinajstić information content (AvgIpc) is 2.85. The smallest absolute Gasteiger partial charge is 0.254 e. The van der Waals surface area contributed by atoms with Crippen molar-refractivity contribution in [2.24, 2.45) is 0 Å². The third kappa shape index (κ3) is 3.00. The van der Waals surface area contributed by atoms with Crippen LogP contribution in [0.25, 0.3) is 0 Å². The minimum absolute atomic E-state index is 0.177. The predicted octanol–water partition coefficient (Wildman–Crippen LogP) is 1.89. The van der Waals surface area contributed by atoms with E-state index in [9.17, 15) is 9.90 Å². The number of benzene rings is 1. The fourth-order valence-corrected chi connectivity index (χ4v) is 1.82. The van der Waals surface area contributed by atoms with E-state index < -0.39 is 12.0 Å². The maximum absolute atomic E-state index is 11.9. The molecule has 1 aromatic heterocycles. The van der Waals surface area contributed by atoms with E-state index in [1.54, 1.807) is 6.92 Å². The third-order valence-electron chi connectivity index (χ3n) is 2.99. The Morgan fingerprint density at radius 2 is 2.05 bits per heavy atom. The number of aliphatic hydroxyl groups is 1. The number of nitrogens with one attached hydrogen (secondary N) is 1. The van der Waals surface area contributed by atoms with Gasteiger partial charge in [0.2, 0.25) is 0 Å². The molecule has 1 heterocycles. The van der Waals surface area contributed by atoms with Gasteiger partial charge in [-0.15, -0.1) is 0 Å². The number of aliphatic hydroxyl groups excluding tert-OH is 1. The fourth-order valence-electron chi connectivity index (χ4n) is 1.82. The standard InChI is InChI=1S/C14H16N2O3/c1-9(11-6-4-3-5-7-11)15-14(18)13(17)12-8-19-16-10(12)2/h3-9,13,17H,1-2H3,(H,15,18)/t9-,13?/m1/s1. The number of carbonyl (C=O) groups excluding carboxylic acids is 1. The van der Waals surface area contributed by atoms with Crippen molar-refractivity contribution in [2.75, 3.05) is 0 Å².